The predicted molar refractivity (Wildman–Crippen MR) is 50.9 cm³/mol. The van der Waals surface area contributed by atoms with Gasteiger partial charge in [-0.1, -0.05) is 0 Å². The molecule has 6 heteroatoms. The molecule has 1 aromatic rings. The second-order valence-corrected chi connectivity index (χ2v) is 3.17. The average molecular weight is 287 g/mol. The number of aromatic amines is 1. The minimum Gasteiger partial charge on any atom is -0.494 e. The van der Waals surface area contributed by atoms with E-state index in [4.69, 9.17) is 15.6 Å². The fourth-order valence-corrected chi connectivity index (χ4v) is 1.50. The Labute approximate surface area is 86.4 Å². The van der Waals surface area contributed by atoms with Gasteiger partial charge >= 0.3 is 0 Å². The van der Waals surface area contributed by atoms with Crippen LogP contribution < -0.4 is 5.56 Å². The van der Waals surface area contributed by atoms with Crippen LogP contribution in [0.2, 0.25) is 0 Å². The molecule has 0 aliphatic rings. The molecule has 0 radical (unpaired) electrons. The third kappa shape index (κ3) is 1.48. The highest BCUT2D eigenvalue weighted by molar-refractivity contribution is 14.1. The molecule has 0 aliphatic heterocycles. The largest absolute Gasteiger partial charge is 0.494 e. The molecule has 0 spiro atoms. The molecule has 0 saturated heterocycles. The standard InChI is InChI=1S/C7H2IN3O2/c8-5-3(1-9)6(12)11-7(13)4(5)2-10/h(H2,11,12,13). The number of hydrogen-bond donors (Lipinski definition) is 2. The zero-order valence-corrected chi connectivity index (χ0v) is 8.29. The summed E-state index contributed by atoms with van der Waals surface area (Å²) in [4.78, 5) is 13.0. The van der Waals surface area contributed by atoms with Crippen molar-refractivity contribution in [2.45, 2.75) is 0 Å². The lowest BCUT2D eigenvalue weighted by Crippen LogP contribution is -2.13. The maximum atomic E-state index is 11.0. The second kappa shape index (κ2) is 3.46. The molecule has 0 saturated carbocycles. The van der Waals surface area contributed by atoms with Crippen LogP contribution in [0.15, 0.2) is 4.79 Å². The van der Waals surface area contributed by atoms with Crippen LogP contribution in [0.3, 0.4) is 0 Å². The molecule has 0 amide bonds. The number of nitriles is 2. The molecule has 64 valence electrons. The van der Waals surface area contributed by atoms with Crippen molar-refractivity contribution < 1.29 is 5.11 Å². The molecule has 0 atom stereocenters. The highest BCUT2D eigenvalue weighted by atomic mass is 127. The average Bonchev–Trinajstić information content (AvgIpc) is 2.04. The first-order valence-corrected chi connectivity index (χ1v) is 4.14. The van der Waals surface area contributed by atoms with Gasteiger partial charge in [0.2, 0.25) is 5.88 Å². The number of hydrogen-bond acceptors (Lipinski definition) is 4. The number of H-pyrrole nitrogens is 1. The number of nitrogens with zero attached hydrogens (tertiary/aromatic N) is 2. The number of rotatable bonds is 0. The topological polar surface area (TPSA) is 101 Å². The summed E-state index contributed by atoms with van der Waals surface area (Å²) in [6, 6.07) is 3.34. The molecule has 13 heavy (non-hydrogen) atoms. The normalized spacial score (nSPS) is 8.85. The first-order valence-electron chi connectivity index (χ1n) is 3.06. The van der Waals surface area contributed by atoms with Crippen molar-refractivity contribution >= 4 is 22.6 Å². The summed E-state index contributed by atoms with van der Waals surface area (Å²) in [5.74, 6) is -0.504. The Hall–Kier alpha value is -1.54. The number of halogens is 1. The van der Waals surface area contributed by atoms with E-state index < -0.39 is 11.4 Å². The summed E-state index contributed by atoms with van der Waals surface area (Å²) >= 11 is 1.67. The minimum absolute atomic E-state index is 0.0863. The van der Waals surface area contributed by atoms with E-state index >= 15 is 0 Å². The third-order valence-electron chi connectivity index (χ3n) is 1.36. The second-order valence-electron chi connectivity index (χ2n) is 2.09. The summed E-state index contributed by atoms with van der Waals surface area (Å²) in [5.41, 5.74) is -0.935. The highest BCUT2D eigenvalue weighted by Crippen LogP contribution is 2.19. The van der Waals surface area contributed by atoms with Crippen LogP contribution in [0.4, 0.5) is 0 Å². The van der Waals surface area contributed by atoms with E-state index in [9.17, 15) is 4.79 Å². The lowest BCUT2D eigenvalue weighted by atomic mass is 10.2. The molecule has 0 bridgehead atoms. The Bertz CT molecular complexity index is 492. The van der Waals surface area contributed by atoms with Gasteiger partial charge in [-0.15, -0.1) is 0 Å². The summed E-state index contributed by atoms with van der Waals surface area (Å²) in [7, 11) is 0. The fourth-order valence-electron chi connectivity index (χ4n) is 0.763. The van der Waals surface area contributed by atoms with Crippen LogP contribution in [0, 0.1) is 26.2 Å². The van der Waals surface area contributed by atoms with Crippen molar-refractivity contribution in [1.82, 2.24) is 4.98 Å². The number of nitrogens with one attached hydrogen (secondary N) is 1. The van der Waals surface area contributed by atoms with Gasteiger partial charge in [0.1, 0.15) is 23.3 Å². The lowest BCUT2D eigenvalue weighted by Gasteiger charge is -1.99. The number of pyridine rings is 1. The van der Waals surface area contributed by atoms with Crippen molar-refractivity contribution in [2.24, 2.45) is 0 Å². The van der Waals surface area contributed by atoms with Crippen LogP contribution in [0.1, 0.15) is 11.1 Å². The van der Waals surface area contributed by atoms with Crippen LogP contribution in [0.25, 0.3) is 0 Å². The smallest absolute Gasteiger partial charge is 0.269 e. The number of aromatic hydroxyl groups is 1. The molecule has 2 N–H and O–H groups in total. The third-order valence-corrected chi connectivity index (χ3v) is 2.44. The molecule has 0 fully saturated rings. The molecular weight excluding hydrogens is 285 g/mol. The Morgan fingerprint density at radius 3 is 2.31 bits per heavy atom. The van der Waals surface area contributed by atoms with Gasteiger partial charge in [-0.25, -0.2) is 0 Å². The summed E-state index contributed by atoms with van der Waals surface area (Å²) in [6.07, 6.45) is 0. The van der Waals surface area contributed by atoms with Gasteiger partial charge in [0.25, 0.3) is 5.56 Å². The fraction of sp³-hybridized carbons (Fsp3) is 0. The van der Waals surface area contributed by atoms with Crippen molar-refractivity contribution in [3.63, 3.8) is 0 Å². The monoisotopic (exact) mass is 287 g/mol. The minimum atomic E-state index is -0.691. The molecule has 0 aromatic carbocycles. The van der Waals surface area contributed by atoms with E-state index in [1.165, 1.54) is 0 Å². The maximum absolute atomic E-state index is 11.0. The van der Waals surface area contributed by atoms with E-state index in [0.717, 1.165) is 0 Å². The Balaban J connectivity index is 3.74. The first kappa shape index (κ1) is 9.55. The van der Waals surface area contributed by atoms with Gasteiger partial charge in [-0.2, -0.15) is 10.5 Å². The van der Waals surface area contributed by atoms with Gasteiger partial charge in [0.05, 0.1) is 3.57 Å². The SMILES string of the molecule is N#Cc1c(O)[nH]c(=O)c(C#N)c1I. The molecule has 5 nitrogen and oxygen atoms in total. The first-order chi connectivity index (χ1) is 6.11. The van der Waals surface area contributed by atoms with Crippen LogP contribution >= 0.6 is 22.6 Å². The van der Waals surface area contributed by atoms with Crippen LogP contribution in [0.5, 0.6) is 5.88 Å². The molecule has 1 heterocycles. The Kier molecular flexibility index (Phi) is 2.54. The quantitative estimate of drug-likeness (QED) is 0.675. The number of aromatic nitrogens is 1. The van der Waals surface area contributed by atoms with Gasteiger partial charge in [0, 0.05) is 0 Å². The van der Waals surface area contributed by atoms with Crippen molar-refractivity contribution in [2.75, 3.05) is 0 Å². The summed E-state index contributed by atoms with van der Waals surface area (Å²) in [5, 5.41) is 26.2. The van der Waals surface area contributed by atoms with E-state index in [0.29, 0.717) is 0 Å². The van der Waals surface area contributed by atoms with Gasteiger partial charge in [-0.05, 0) is 22.6 Å². The maximum Gasteiger partial charge on any atom is 0.269 e. The highest BCUT2D eigenvalue weighted by Gasteiger charge is 2.14. The molecule has 1 aromatic heterocycles. The van der Waals surface area contributed by atoms with Gasteiger partial charge in [-0.3, -0.25) is 9.78 Å². The van der Waals surface area contributed by atoms with Crippen LogP contribution in [-0.2, 0) is 0 Å². The Morgan fingerprint density at radius 1 is 1.31 bits per heavy atom. The van der Waals surface area contributed by atoms with Crippen molar-refractivity contribution in [1.29, 1.82) is 10.5 Å². The van der Waals surface area contributed by atoms with Gasteiger partial charge in [0.15, 0.2) is 0 Å². The van der Waals surface area contributed by atoms with Crippen LogP contribution in [-0.4, -0.2) is 10.1 Å². The molecule has 0 unspecified atom stereocenters. The van der Waals surface area contributed by atoms with Crippen molar-refractivity contribution in [3.8, 4) is 18.0 Å². The summed E-state index contributed by atoms with van der Waals surface area (Å²) < 4.78 is 0.170. The van der Waals surface area contributed by atoms with E-state index in [-0.39, 0.29) is 14.7 Å². The lowest BCUT2D eigenvalue weighted by molar-refractivity contribution is 0.449. The molecule has 1 rings (SSSR count). The zero-order chi connectivity index (χ0) is 10.0. The molecular formula is C7H2IN3O2. The van der Waals surface area contributed by atoms with E-state index in [1.807, 2.05) is 4.98 Å². The predicted octanol–water partition coefficient (Wildman–Crippen LogP) is 0.428. The van der Waals surface area contributed by atoms with Crippen molar-refractivity contribution in [3.05, 3.63) is 25.1 Å². The zero-order valence-electron chi connectivity index (χ0n) is 6.13. The van der Waals surface area contributed by atoms with E-state index in [1.54, 1.807) is 34.7 Å². The van der Waals surface area contributed by atoms with Gasteiger partial charge < -0.3 is 5.11 Å². The summed E-state index contributed by atoms with van der Waals surface area (Å²) in [6.45, 7) is 0. The van der Waals surface area contributed by atoms with E-state index in [2.05, 4.69) is 0 Å². The molecule has 0 aliphatic carbocycles. The Morgan fingerprint density at radius 2 is 1.85 bits per heavy atom.